The number of carbonyl (C=O) groups excluding carboxylic acids is 1. The van der Waals surface area contributed by atoms with Gasteiger partial charge in [-0.25, -0.2) is 0 Å². The minimum Gasteiger partial charge on any atom is -0.493 e. The number of nitrogens with one attached hydrogen (secondary N) is 1. The van der Waals surface area contributed by atoms with Gasteiger partial charge in [-0.05, 0) is 32.0 Å². The topological polar surface area (TPSA) is 50.8 Å². The molecule has 0 bridgehead atoms. The van der Waals surface area contributed by atoms with E-state index in [0.717, 1.165) is 25.9 Å². The van der Waals surface area contributed by atoms with Crippen molar-refractivity contribution in [3.63, 3.8) is 0 Å². The summed E-state index contributed by atoms with van der Waals surface area (Å²) >= 11 is 0. The molecule has 0 radical (unpaired) electrons. The molecule has 1 aliphatic rings. The number of carbonyl (C=O) groups is 1. The summed E-state index contributed by atoms with van der Waals surface area (Å²) in [6, 6.07) is 7.81. The molecule has 1 saturated heterocycles. The first kappa shape index (κ1) is 15.6. The molecule has 1 aromatic rings. The smallest absolute Gasteiger partial charge is 0.226 e. The Hall–Kier alpha value is -1.75. The van der Waals surface area contributed by atoms with E-state index in [4.69, 9.17) is 9.47 Å². The summed E-state index contributed by atoms with van der Waals surface area (Å²) in [4.78, 5) is 14.2. The molecule has 0 saturated carbocycles. The number of hydrogen-bond acceptors (Lipinski definition) is 4. The molecule has 1 aromatic carbocycles. The summed E-state index contributed by atoms with van der Waals surface area (Å²) < 4.78 is 10.9. The van der Waals surface area contributed by atoms with Gasteiger partial charge < -0.3 is 19.7 Å². The maximum absolute atomic E-state index is 12.3. The van der Waals surface area contributed by atoms with Crippen LogP contribution >= 0.6 is 0 Å². The molecule has 2 rings (SSSR count). The Morgan fingerprint density at radius 2 is 2.14 bits per heavy atom. The quantitative estimate of drug-likeness (QED) is 0.830. The largest absolute Gasteiger partial charge is 0.493 e. The molecule has 1 N–H and O–H groups in total. The number of hydrogen-bond donors (Lipinski definition) is 1. The third-order valence-corrected chi connectivity index (χ3v) is 3.78. The third kappa shape index (κ3) is 4.11. The number of benzene rings is 1. The average molecular weight is 292 g/mol. The predicted molar refractivity (Wildman–Crippen MR) is 81.8 cm³/mol. The monoisotopic (exact) mass is 292 g/mol. The third-order valence-electron chi connectivity index (χ3n) is 3.78. The first-order valence-electron chi connectivity index (χ1n) is 7.46. The van der Waals surface area contributed by atoms with E-state index in [1.807, 2.05) is 36.2 Å². The Bertz CT molecular complexity index is 465. The first-order chi connectivity index (χ1) is 10.3. The van der Waals surface area contributed by atoms with Crippen LogP contribution in [0.3, 0.4) is 0 Å². The van der Waals surface area contributed by atoms with Crippen LogP contribution in [-0.4, -0.2) is 50.7 Å². The molecule has 21 heavy (non-hydrogen) atoms. The molecule has 1 atom stereocenters. The van der Waals surface area contributed by atoms with Crippen LogP contribution in [-0.2, 0) is 4.79 Å². The fourth-order valence-electron chi connectivity index (χ4n) is 2.74. The van der Waals surface area contributed by atoms with E-state index in [1.54, 1.807) is 7.11 Å². The second kappa shape index (κ2) is 7.88. The highest BCUT2D eigenvalue weighted by Gasteiger charge is 2.27. The van der Waals surface area contributed by atoms with Crippen LogP contribution in [0.5, 0.6) is 11.5 Å². The molecular formula is C16H24N2O3. The van der Waals surface area contributed by atoms with Crippen LogP contribution in [0.15, 0.2) is 24.3 Å². The lowest BCUT2D eigenvalue weighted by molar-refractivity contribution is -0.132. The average Bonchev–Trinajstić information content (AvgIpc) is 2.96. The lowest BCUT2D eigenvalue weighted by Crippen LogP contribution is -2.41. The number of nitrogens with zero attached hydrogens (tertiary/aromatic N) is 1. The number of likely N-dealkylation sites (N-methyl/N-ethyl adjacent to an activating group) is 1. The van der Waals surface area contributed by atoms with Crippen LogP contribution < -0.4 is 14.8 Å². The zero-order valence-electron chi connectivity index (χ0n) is 12.8. The van der Waals surface area contributed by atoms with Crippen molar-refractivity contribution < 1.29 is 14.3 Å². The minimum atomic E-state index is 0.169. The fourth-order valence-corrected chi connectivity index (χ4v) is 2.74. The highest BCUT2D eigenvalue weighted by molar-refractivity contribution is 5.77. The van der Waals surface area contributed by atoms with Gasteiger partial charge in [0.25, 0.3) is 0 Å². The number of likely N-dealkylation sites (tertiary alicyclic amines) is 1. The van der Waals surface area contributed by atoms with Crippen molar-refractivity contribution in [2.24, 2.45) is 0 Å². The van der Waals surface area contributed by atoms with Crippen LogP contribution in [0.1, 0.15) is 19.3 Å². The molecule has 0 unspecified atom stereocenters. The Morgan fingerprint density at radius 3 is 2.86 bits per heavy atom. The number of amides is 1. The van der Waals surface area contributed by atoms with Gasteiger partial charge in [-0.2, -0.15) is 0 Å². The van der Waals surface area contributed by atoms with Gasteiger partial charge in [-0.1, -0.05) is 12.1 Å². The number of methoxy groups -OCH3 is 1. The van der Waals surface area contributed by atoms with Crippen LogP contribution in [0, 0.1) is 0 Å². The molecule has 1 heterocycles. The highest BCUT2D eigenvalue weighted by Crippen LogP contribution is 2.26. The summed E-state index contributed by atoms with van der Waals surface area (Å²) in [7, 11) is 3.53. The molecule has 0 spiro atoms. The zero-order chi connectivity index (χ0) is 15.1. The summed E-state index contributed by atoms with van der Waals surface area (Å²) in [5.74, 6) is 1.54. The summed E-state index contributed by atoms with van der Waals surface area (Å²) in [6.07, 6.45) is 2.57. The number of para-hydroxylation sites is 2. The second-order valence-electron chi connectivity index (χ2n) is 5.19. The van der Waals surface area contributed by atoms with Gasteiger partial charge in [0.05, 0.1) is 20.1 Å². The molecule has 0 aliphatic carbocycles. The normalized spacial score (nSPS) is 17.8. The fraction of sp³-hybridized carbons (Fsp3) is 0.562. The molecule has 1 aliphatic heterocycles. The maximum Gasteiger partial charge on any atom is 0.226 e. The predicted octanol–water partition coefficient (Wildman–Crippen LogP) is 1.67. The highest BCUT2D eigenvalue weighted by atomic mass is 16.5. The van der Waals surface area contributed by atoms with Crippen LogP contribution in [0.25, 0.3) is 0 Å². The van der Waals surface area contributed by atoms with Crippen molar-refractivity contribution in [1.82, 2.24) is 10.2 Å². The van der Waals surface area contributed by atoms with Crippen molar-refractivity contribution in [2.45, 2.75) is 25.3 Å². The van der Waals surface area contributed by atoms with Gasteiger partial charge in [0.2, 0.25) is 5.91 Å². The van der Waals surface area contributed by atoms with E-state index >= 15 is 0 Å². The van der Waals surface area contributed by atoms with Crippen molar-refractivity contribution in [2.75, 3.05) is 33.9 Å². The van der Waals surface area contributed by atoms with Crippen molar-refractivity contribution >= 4 is 5.91 Å². The van der Waals surface area contributed by atoms with Gasteiger partial charge >= 0.3 is 0 Å². The van der Waals surface area contributed by atoms with Crippen LogP contribution in [0.4, 0.5) is 0 Å². The second-order valence-corrected chi connectivity index (χ2v) is 5.19. The summed E-state index contributed by atoms with van der Waals surface area (Å²) in [5, 5.41) is 3.15. The number of rotatable bonds is 7. The Balaban J connectivity index is 1.81. The van der Waals surface area contributed by atoms with Crippen molar-refractivity contribution in [3.05, 3.63) is 24.3 Å². The Morgan fingerprint density at radius 1 is 1.38 bits per heavy atom. The standard InChI is InChI=1S/C16H24N2O3/c1-17-12-13-6-5-10-18(13)16(19)9-11-21-15-8-4-3-7-14(15)20-2/h3-4,7-8,13,17H,5-6,9-12H2,1-2H3/t13-/m0/s1. The molecule has 0 aromatic heterocycles. The van der Waals surface area contributed by atoms with Gasteiger partial charge in [-0.15, -0.1) is 0 Å². The molecule has 116 valence electrons. The summed E-state index contributed by atoms with van der Waals surface area (Å²) in [6.45, 7) is 2.10. The van der Waals surface area contributed by atoms with E-state index in [2.05, 4.69) is 5.32 Å². The Kier molecular flexibility index (Phi) is 5.87. The van der Waals surface area contributed by atoms with Gasteiger partial charge in [0.15, 0.2) is 11.5 Å². The van der Waals surface area contributed by atoms with Gasteiger partial charge in [-0.3, -0.25) is 4.79 Å². The van der Waals surface area contributed by atoms with Crippen LogP contribution in [0.2, 0.25) is 0 Å². The lowest BCUT2D eigenvalue weighted by atomic mass is 10.2. The van der Waals surface area contributed by atoms with E-state index in [-0.39, 0.29) is 5.91 Å². The molecular weight excluding hydrogens is 268 g/mol. The lowest BCUT2D eigenvalue weighted by Gasteiger charge is -2.24. The van der Waals surface area contributed by atoms with Gasteiger partial charge in [0, 0.05) is 19.1 Å². The molecule has 1 fully saturated rings. The van der Waals surface area contributed by atoms with E-state index in [1.165, 1.54) is 0 Å². The molecule has 1 amide bonds. The zero-order valence-corrected chi connectivity index (χ0v) is 12.8. The SMILES string of the molecule is CNC[C@@H]1CCCN1C(=O)CCOc1ccccc1OC. The van der Waals surface area contributed by atoms with Gasteiger partial charge in [0.1, 0.15) is 0 Å². The maximum atomic E-state index is 12.3. The van der Waals surface area contributed by atoms with E-state index < -0.39 is 0 Å². The van der Waals surface area contributed by atoms with E-state index in [9.17, 15) is 4.79 Å². The number of ether oxygens (including phenoxy) is 2. The minimum absolute atomic E-state index is 0.169. The summed E-state index contributed by atoms with van der Waals surface area (Å²) in [5.41, 5.74) is 0. The van der Waals surface area contributed by atoms with Crippen molar-refractivity contribution in [1.29, 1.82) is 0 Å². The molecule has 5 nitrogen and oxygen atoms in total. The van der Waals surface area contributed by atoms with E-state index in [0.29, 0.717) is 30.6 Å². The van der Waals surface area contributed by atoms with Crippen molar-refractivity contribution in [3.8, 4) is 11.5 Å². The molecule has 5 heteroatoms. The first-order valence-corrected chi connectivity index (χ1v) is 7.46. The Labute approximate surface area is 126 Å².